The maximum absolute atomic E-state index is 12.4. The third kappa shape index (κ3) is 2.91. The van der Waals surface area contributed by atoms with Crippen LogP contribution in [0.1, 0.15) is 23.1 Å². The first kappa shape index (κ1) is 14.9. The van der Waals surface area contributed by atoms with Crippen molar-refractivity contribution in [3.63, 3.8) is 0 Å². The van der Waals surface area contributed by atoms with E-state index in [9.17, 15) is 4.79 Å². The van der Waals surface area contributed by atoms with Gasteiger partial charge in [0.15, 0.2) is 0 Å². The number of hydrogen-bond donors (Lipinski definition) is 3. The lowest BCUT2D eigenvalue weighted by molar-refractivity contribution is -0.123. The molecule has 0 saturated heterocycles. The number of rotatable bonds is 4. The van der Waals surface area contributed by atoms with E-state index in [2.05, 4.69) is 35.6 Å². The Hall–Kier alpha value is -2.65. The molecule has 0 saturated carbocycles. The Morgan fingerprint density at radius 3 is 3.21 bits per heavy atom. The summed E-state index contributed by atoms with van der Waals surface area (Å²) < 4.78 is 0. The van der Waals surface area contributed by atoms with Crippen LogP contribution in [0.5, 0.6) is 0 Å². The molecule has 1 amide bonds. The molecule has 0 aromatic carbocycles. The first-order chi connectivity index (χ1) is 11.8. The van der Waals surface area contributed by atoms with E-state index in [4.69, 9.17) is 0 Å². The second-order valence-corrected chi connectivity index (χ2v) is 6.21. The minimum Gasteiger partial charge on any atom is -0.349 e. The van der Waals surface area contributed by atoms with Gasteiger partial charge in [0.05, 0.1) is 30.5 Å². The molecule has 1 aliphatic heterocycles. The van der Waals surface area contributed by atoms with E-state index in [1.165, 1.54) is 11.3 Å². The van der Waals surface area contributed by atoms with Crippen molar-refractivity contribution in [2.75, 3.05) is 6.54 Å². The van der Waals surface area contributed by atoms with Crippen molar-refractivity contribution in [1.29, 1.82) is 0 Å². The summed E-state index contributed by atoms with van der Waals surface area (Å²) in [7, 11) is 0. The van der Waals surface area contributed by atoms with Gasteiger partial charge < -0.3 is 15.6 Å². The molecular weight excluding hydrogens is 326 g/mol. The lowest BCUT2D eigenvalue weighted by atomic mass is 10.1. The number of amides is 1. The van der Waals surface area contributed by atoms with E-state index in [-0.39, 0.29) is 5.91 Å². The fraction of sp³-hybridized carbons (Fsp3) is 0.267. The molecule has 3 aromatic heterocycles. The summed E-state index contributed by atoms with van der Waals surface area (Å²) in [6.07, 6.45) is 7.41. The monoisotopic (exact) mass is 341 g/mol. The molecule has 4 heterocycles. The Balaban J connectivity index is 1.41. The van der Waals surface area contributed by atoms with Crippen LogP contribution in [0.2, 0.25) is 0 Å². The molecule has 0 spiro atoms. The van der Waals surface area contributed by atoms with E-state index in [0.717, 1.165) is 40.7 Å². The van der Waals surface area contributed by atoms with Crippen LogP contribution >= 0.6 is 11.3 Å². The minimum absolute atomic E-state index is 0.0999. The predicted octanol–water partition coefficient (Wildman–Crippen LogP) is 0.826. The highest BCUT2D eigenvalue weighted by Crippen LogP contribution is 2.21. The molecule has 0 fully saturated rings. The summed E-state index contributed by atoms with van der Waals surface area (Å²) in [6.45, 7) is 1.12. The van der Waals surface area contributed by atoms with Crippen LogP contribution in [-0.2, 0) is 17.8 Å². The highest BCUT2D eigenvalue weighted by Gasteiger charge is 2.28. The fourth-order valence-electron chi connectivity index (χ4n) is 2.63. The SMILES string of the molecule is O=C(NCc1csc(-c2cnccn2)n1)[C@H]1NCCc2[nH]cnc21. The molecule has 8 nitrogen and oxygen atoms in total. The molecule has 4 rings (SSSR count). The van der Waals surface area contributed by atoms with Gasteiger partial charge in [0.1, 0.15) is 16.7 Å². The van der Waals surface area contributed by atoms with E-state index in [0.29, 0.717) is 6.54 Å². The van der Waals surface area contributed by atoms with E-state index in [1.807, 2.05) is 5.38 Å². The number of aromatic nitrogens is 5. The number of thiazole rings is 1. The Labute approximate surface area is 141 Å². The van der Waals surface area contributed by atoms with Crippen LogP contribution in [0, 0.1) is 0 Å². The van der Waals surface area contributed by atoms with Gasteiger partial charge in [-0.1, -0.05) is 0 Å². The van der Waals surface area contributed by atoms with E-state index in [1.54, 1.807) is 24.9 Å². The van der Waals surface area contributed by atoms with Crippen LogP contribution in [0.4, 0.5) is 0 Å². The third-order valence-electron chi connectivity index (χ3n) is 3.79. The number of nitrogens with zero attached hydrogens (tertiary/aromatic N) is 4. The van der Waals surface area contributed by atoms with Crippen molar-refractivity contribution >= 4 is 17.2 Å². The number of carbonyl (C=O) groups is 1. The smallest absolute Gasteiger partial charge is 0.243 e. The Bertz CT molecular complexity index is 844. The third-order valence-corrected chi connectivity index (χ3v) is 4.70. The first-order valence-corrected chi connectivity index (χ1v) is 8.43. The highest BCUT2D eigenvalue weighted by molar-refractivity contribution is 7.13. The average Bonchev–Trinajstić information content (AvgIpc) is 3.29. The fourth-order valence-corrected chi connectivity index (χ4v) is 3.41. The van der Waals surface area contributed by atoms with Gasteiger partial charge in [-0.2, -0.15) is 0 Å². The molecule has 0 aliphatic carbocycles. The van der Waals surface area contributed by atoms with E-state index >= 15 is 0 Å². The molecule has 0 radical (unpaired) electrons. The largest absolute Gasteiger partial charge is 0.349 e. The molecule has 0 unspecified atom stereocenters. The second-order valence-electron chi connectivity index (χ2n) is 5.36. The summed E-state index contributed by atoms with van der Waals surface area (Å²) in [5.74, 6) is -0.0999. The number of fused-ring (bicyclic) bond motifs is 1. The number of carbonyl (C=O) groups excluding carboxylic acids is 1. The van der Waals surface area contributed by atoms with Gasteiger partial charge >= 0.3 is 0 Å². The Kier molecular flexibility index (Phi) is 4.01. The molecule has 3 aromatic rings. The second kappa shape index (κ2) is 6.46. The standard InChI is InChI=1S/C15H15N7OS/c23-14(13-12-10(1-2-18-13)20-8-21-12)19-5-9-7-24-15(22-9)11-6-16-3-4-17-11/h3-4,6-8,13,18H,1-2,5H2,(H,19,23)(H,20,21)/t13-/m0/s1. The van der Waals surface area contributed by atoms with Crippen LogP contribution in [-0.4, -0.2) is 37.4 Å². The quantitative estimate of drug-likeness (QED) is 0.648. The van der Waals surface area contributed by atoms with Gasteiger partial charge in [-0.3, -0.25) is 14.8 Å². The molecule has 9 heteroatoms. The lowest BCUT2D eigenvalue weighted by Crippen LogP contribution is -2.41. The number of aromatic amines is 1. The van der Waals surface area contributed by atoms with Gasteiger partial charge in [0, 0.05) is 36.4 Å². The van der Waals surface area contributed by atoms with Crippen molar-refractivity contribution < 1.29 is 4.79 Å². The molecule has 0 bridgehead atoms. The first-order valence-electron chi connectivity index (χ1n) is 7.55. The molecule has 1 aliphatic rings. The van der Waals surface area contributed by atoms with Gasteiger partial charge in [-0.15, -0.1) is 11.3 Å². The van der Waals surface area contributed by atoms with Gasteiger partial charge in [0.25, 0.3) is 0 Å². The zero-order valence-electron chi connectivity index (χ0n) is 12.7. The number of H-pyrrole nitrogens is 1. The normalized spacial score (nSPS) is 16.6. The van der Waals surface area contributed by atoms with Crippen molar-refractivity contribution in [3.05, 3.63) is 47.4 Å². The Morgan fingerprint density at radius 1 is 1.38 bits per heavy atom. The van der Waals surface area contributed by atoms with Gasteiger partial charge in [-0.05, 0) is 0 Å². The molecular formula is C15H15N7OS. The summed E-state index contributed by atoms with van der Waals surface area (Å²) in [4.78, 5) is 32.5. The summed E-state index contributed by atoms with van der Waals surface area (Å²) >= 11 is 1.48. The van der Waals surface area contributed by atoms with Crippen LogP contribution in [0.3, 0.4) is 0 Å². The lowest BCUT2D eigenvalue weighted by Gasteiger charge is -2.21. The number of hydrogen-bond acceptors (Lipinski definition) is 7. The van der Waals surface area contributed by atoms with Gasteiger partial charge in [0.2, 0.25) is 5.91 Å². The average molecular weight is 341 g/mol. The van der Waals surface area contributed by atoms with Crippen molar-refractivity contribution in [2.24, 2.45) is 0 Å². The zero-order chi connectivity index (χ0) is 16.4. The van der Waals surface area contributed by atoms with Crippen molar-refractivity contribution in [2.45, 2.75) is 19.0 Å². The summed E-state index contributed by atoms with van der Waals surface area (Å²) in [5, 5.41) is 8.82. The highest BCUT2D eigenvalue weighted by atomic mass is 32.1. The number of nitrogens with one attached hydrogen (secondary N) is 3. The zero-order valence-corrected chi connectivity index (χ0v) is 13.5. The molecule has 3 N–H and O–H groups in total. The summed E-state index contributed by atoms with van der Waals surface area (Å²) in [6, 6.07) is -0.418. The van der Waals surface area contributed by atoms with Crippen molar-refractivity contribution in [3.8, 4) is 10.7 Å². The maximum atomic E-state index is 12.4. The molecule has 24 heavy (non-hydrogen) atoms. The summed E-state index contributed by atoms with van der Waals surface area (Å²) in [5.41, 5.74) is 3.33. The predicted molar refractivity (Wildman–Crippen MR) is 88.0 cm³/mol. The van der Waals surface area contributed by atoms with Crippen LogP contribution in [0.25, 0.3) is 10.7 Å². The maximum Gasteiger partial charge on any atom is 0.243 e. The Morgan fingerprint density at radius 2 is 2.33 bits per heavy atom. The topological polar surface area (TPSA) is 108 Å². The van der Waals surface area contributed by atoms with Crippen molar-refractivity contribution in [1.82, 2.24) is 35.6 Å². The molecule has 122 valence electrons. The number of imidazole rings is 1. The molecule has 1 atom stereocenters. The van der Waals surface area contributed by atoms with Crippen LogP contribution in [0.15, 0.2) is 30.3 Å². The minimum atomic E-state index is -0.418. The van der Waals surface area contributed by atoms with Gasteiger partial charge in [-0.25, -0.2) is 9.97 Å². The van der Waals surface area contributed by atoms with E-state index < -0.39 is 6.04 Å². The van der Waals surface area contributed by atoms with Crippen LogP contribution < -0.4 is 10.6 Å².